The molecule has 0 radical (unpaired) electrons. The van der Waals surface area contributed by atoms with Crippen molar-refractivity contribution in [2.75, 3.05) is 26.2 Å². The van der Waals surface area contributed by atoms with E-state index in [0.29, 0.717) is 6.54 Å². The molecule has 1 saturated heterocycles. The van der Waals surface area contributed by atoms with E-state index in [9.17, 15) is 22.4 Å². The summed E-state index contributed by atoms with van der Waals surface area (Å²) in [6.07, 6.45) is 1.74. The lowest BCUT2D eigenvalue weighted by Gasteiger charge is -2.23. The number of hydrogen-bond donors (Lipinski definition) is 2. The van der Waals surface area contributed by atoms with Gasteiger partial charge in [0.1, 0.15) is 0 Å². The Morgan fingerprint density at radius 2 is 2.00 bits per heavy atom. The molecular weight excluding hydrogens is 328 g/mol. The highest BCUT2D eigenvalue weighted by molar-refractivity contribution is 5.78. The Morgan fingerprint density at radius 3 is 2.58 bits per heavy atom. The molecule has 0 aromatic heterocycles. The Kier molecular flexibility index (Phi) is 6.42. The molecule has 0 spiro atoms. The van der Waals surface area contributed by atoms with Gasteiger partial charge in [-0.05, 0) is 19.4 Å². The minimum Gasteiger partial charge on any atom is -0.487 e. The number of benzene rings is 1. The zero-order valence-electron chi connectivity index (χ0n) is 13.3. The van der Waals surface area contributed by atoms with Crippen LogP contribution in [-0.4, -0.2) is 32.1 Å². The van der Waals surface area contributed by atoms with Gasteiger partial charge in [0.2, 0.25) is 17.5 Å². The number of hydrogen-bond acceptors (Lipinski definition) is 3. The maximum atomic E-state index is 13.5. The Labute approximate surface area is 137 Å². The molecule has 1 aromatic rings. The van der Waals surface area contributed by atoms with Gasteiger partial charge in [-0.1, -0.05) is 6.92 Å². The van der Waals surface area contributed by atoms with Crippen molar-refractivity contribution in [3.63, 3.8) is 0 Å². The normalized spacial score (nSPS) is 19.0. The van der Waals surface area contributed by atoms with Crippen LogP contribution in [0.3, 0.4) is 0 Å². The van der Waals surface area contributed by atoms with Crippen molar-refractivity contribution in [3.05, 3.63) is 29.3 Å². The van der Waals surface area contributed by atoms with Gasteiger partial charge in [-0.2, -0.15) is 8.78 Å². The fourth-order valence-electron chi connectivity index (χ4n) is 2.46. The Bertz CT molecular complexity index is 566. The van der Waals surface area contributed by atoms with E-state index in [1.165, 1.54) is 0 Å². The van der Waals surface area contributed by atoms with Crippen molar-refractivity contribution in [1.82, 2.24) is 10.6 Å². The minimum atomic E-state index is -1.57. The number of halogens is 4. The molecule has 0 aliphatic carbocycles. The smallest absolute Gasteiger partial charge is 0.224 e. The van der Waals surface area contributed by atoms with Crippen LogP contribution in [0, 0.1) is 35.1 Å². The summed E-state index contributed by atoms with van der Waals surface area (Å²) < 4.78 is 58.0. The topological polar surface area (TPSA) is 50.4 Å². The van der Waals surface area contributed by atoms with Crippen molar-refractivity contribution >= 4 is 5.91 Å². The minimum absolute atomic E-state index is 0.0942. The third kappa shape index (κ3) is 4.59. The van der Waals surface area contributed by atoms with E-state index in [1.54, 1.807) is 6.92 Å². The molecule has 1 aliphatic heterocycles. The van der Waals surface area contributed by atoms with Gasteiger partial charge < -0.3 is 15.4 Å². The molecule has 134 valence electrons. The zero-order valence-corrected chi connectivity index (χ0v) is 13.3. The highest BCUT2D eigenvalue weighted by Gasteiger charge is 2.23. The summed E-state index contributed by atoms with van der Waals surface area (Å²) >= 11 is 0. The molecule has 8 heteroatoms. The lowest BCUT2D eigenvalue weighted by atomic mass is 9.98. The Morgan fingerprint density at radius 1 is 1.33 bits per heavy atom. The molecule has 2 atom stereocenters. The van der Waals surface area contributed by atoms with Crippen LogP contribution >= 0.6 is 0 Å². The first kappa shape index (κ1) is 18.5. The molecule has 2 rings (SSSR count). The van der Waals surface area contributed by atoms with Crippen LogP contribution in [-0.2, 0) is 4.79 Å². The summed E-state index contributed by atoms with van der Waals surface area (Å²) in [5.41, 5.74) is 0. The van der Waals surface area contributed by atoms with Crippen LogP contribution in [0.5, 0.6) is 5.75 Å². The number of carbonyl (C=O) groups excluding carboxylic acids is 1. The fourth-order valence-corrected chi connectivity index (χ4v) is 2.46. The number of amides is 1. The van der Waals surface area contributed by atoms with Crippen LogP contribution in [0.25, 0.3) is 0 Å². The van der Waals surface area contributed by atoms with E-state index in [0.717, 1.165) is 19.4 Å². The summed E-state index contributed by atoms with van der Waals surface area (Å²) in [5.74, 6) is -7.75. The van der Waals surface area contributed by atoms with Crippen molar-refractivity contribution in [1.29, 1.82) is 0 Å². The van der Waals surface area contributed by atoms with E-state index in [-0.39, 0.29) is 37.0 Å². The number of piperidine rings is 1. The summed E-state index contributed by atoms with van der Waals surface area (Å²) in [7, 11) is 0. The first-order chi connectivity index (χ1) is 11.4. The monoisotopic (exact) mass is 348 g/mol. The molecule has 0 saturated carbocycles. The van der Waals surface area contributed by atoms with Crippen LogP contribution in [0.1, 0.15) is 19.8 Å². The predicted molar refractivity (Wildman–Crippen MR) is 79.5 cm³/mol. The van der Waals surface area contributed by atoms with Crippen molar-refractivity contribution in [2.45, 2.75) is 19.8 Å². The van der Waals surface area contributed by atoms with Gasteiger partial charge >= 0.3 is 0 Å². The molecule has 1 aliphatic rings. The average Bonchev–Trinajstić information content (AvgIpc) is 2.58. The largest absolute Gasteiger partial charge is 0.487 e. The fraction of sp³-hybridized carbons (Fsp3) is 0.562. The second-order valence-electron chi connectivity index (χ2n) is 6.00. The number of rotatable bonds is 6. The van der Waals surface area contributed by atoms with E-state index in [4.69, 9.17) is 4.74 Å². The van der Waals surface area contributed by atoms with Crippen LogP contribution in [0.2, 0.25) is 0 Å². The maximum Gasteiger partial charge on any atom is 0.224 e. The second kappa shape index (κ2) is 8.32. The van der Waals surface area contributed by atoms with E-state index >= 15 is 0 Å². The lowest BCUT2D eigenvalue weighted by molar-refractivity contribution is -0.125. The third-order valence-corrected chi connectivity index (χ3v) is 3.88. The summed E-state index contributed by atoms with van der Waals surface area (Å²) in [5, 5.41) is 5.88. The van der Waals surface area contributed by atoms with E-state index in [2.05, 4.69) is 10.6 Å². The molecule has 1 fully saturated rings. The van der Waals surface area contributed by atoms with Gasteiger partial charge in [-0.25, -0.2) is 8.78 Å². The summed E-state index contributed by atoms with van der Waals surface area (Å²) in [6, 6.07) is 0.124. The molecule has 1 unspecified atom stereocenters. The predicted octanol–water partition coefficient (Wildman–Crippen LogP) is 2.37. The molecule has 24 heavy (non-hydrogen) atoms. The number of nitrogens with one attached hydrogen (secondary N) is 2. The van der Waals surface area contributed by atoms with Crippen LogP contribution < -0.4 is 15.4 Å². The maximum absolute atomic E-state index is 13.5. The van der Waals surface area contributed by atoms with Crippen molar-refractivity contribution in [2.24, 2.45) is 11.8 Å². The first-order valence-corrected chi connectivity index (χ1v) is 7.84. The van der Waals surface area contributed by atoms with Gasteiger partial charge in [0.15, 0.2) is 17.4 Å². The summed E-state index contributed by atoms with van der Waals surface area (Å²) in [4.78, 5) is 12.0. The van der Waals surface area contributed by atoms with Gasteiger partial charge in [-0.3, -0.25) is 4.79 Å². The first-order valence-electron chi connectivity index (χ1n) is 7.84. The average molecular weight is 348 g/mol. The molecule has 2 N–H and O–H groups in total. The number of ether oxygens (including phenoxy) is 1. The molecule has 1 heterocycles. The van der Waals surface area contributed by atoms with Gasteiger partial charge in [-0.15, -0.1) is 0 Å². The standard InChI is InChI=1S/C16H20F4N2O2/c1-9(6-22-16(23)10-3-2-4-21-7-10)8-24-15-13(19)11(17)5-12(18)14(15)20/h5,9-10,21H,2-4,6-8H2,1H3,(H,22,23)/t9?,10-/m0/s1. The van der Waals surface area contributed by atoms with Gasteiger partial charge in [0.25, 0.3) is 0 Å². The van der Waals surface area contributed by atoms with Crippen LogP contribution in [0.15, 0.2) is 6.07 Å². The quantitative estimate of drug-likeness (QED) is 0.613. The molecule has 1 amide bonds. The molecule has 0 bridgehead atoms. The van der Waals surface area contributed by atoms with Crippen molar-refractivity contribution in [3.8, 4) is 5.75 Å². The highest BCUT2D eigenvalue weighted by atomic mass is 19.2. The van der Waals surface area contributed by atoms with Crippen molar-refractivity contribution < 1.29 is 27.1 Å². The zero-order chi connectivity index (χ0) is 17.7. The van der Waals surface area contributed by atoms with Crippen LogP contribution in [0.4, 0.5) is 17.6 Å². The number of carbonyl (C=O) groups is 1. The molecular formula is C16H20F4N2O2. The lowest BCUT2D eigenvalue weighted by Crippen LogP contribution is -2.42. The highest BCUT2D eigenvalue weighted by Crippen LogP contribution is 2.26. The van der Waals surface area contributed by atoms with E-state index < -0.39 is 29.0 Å². The molecule has 4 nitrogen and oxygen atoms in total. The second-order valence-corrected chi connectivity index (χ2v) is 6.00. The van der Waals surface area contributed by atoms with Gasteiger partial charge in [0.05, 0.1) is 12.5 Å². The Balaban J connectivity index is 1.83. The summed E-state index contributed by atoms with van der Waals surface area (Å²) in [6.45, 7) is 3.24. The third-order valence-electron chi connectivity index (χ3n) is 3.88. The van der Waals surface area contributed by atoms with Gasteiger partial charge in [0, 0.05) is 25.1 Å². The Hall–Kier alpha value is -1.83. The SMILES string of the molecule is CC(CNC(=O)[C@H]1CCCNC1)COc1c(F)c(F)cc(F)c1F. The van der Waals surface area contributed by atoms with E-state index in [1.807, 2.05) is 0 Å². The molecule has 1 aromatic carbocycles.